The van der Waals surface area contributed by atoms with Gasteiger partial charge in [-0.2, -0.15) is 0 Å². The molecule has 2 heterocycles. The SMILES string of the molecule is CCC1CC(C)CN(c2ncnc3cccc(-c4ccc(Cl)c(Cl)c4)c23)C1. The Bertz CT molecular complexity index is 968. The number of halogens is 2. The van der Waals surface area contributed by atoms with Gasteiger partial charge in [-0.15, -0.1) is 0 Å². The normalized spacial score (nSPS) is 20.2. The van der Waals surface area contributed by atoms with Gasteiger partial charge in [-0.05, 0) is 47.6 Å². The highest BCUT2D eigenvalue weighted by atomic mass is 35.5. The van der Waals surface area contributed by atoms with E-state index in [1.807, 2.05) is 30.3 Å². The number of anilines is 1. The molecule has 0 bridgehead atoms. The average Bonchev–Trinajstić information content (AvgIpc) is 2.68. The minimum absolute atomic E-state index is 0.558. The van der Waals surface area contributed by atoms with Crippen molar-refractivity contribution < 1.29 is 0 Å². The van der Waals surface area contributed by atoms with Crippen LogP contribution in [0.4, 0.5) is 5.82 Å². The summed E-state index contributed by atoms with van der Waals surface area (Å²) >= 11 is 12.4. The Morgan fingerprint density at radius 1 is 1.07 bits per heavy atom. The molecule has 4 rings (SSSR count). The van der Waals surface area contributed by atoms with E-state index >= 15 is 0 Å². The zero-order chi connectivity index (χ0) is 19.0. The standard InChI is InChI=1S/C22H23Cl2N3/c1-3-15-9-14(2)11-27(12-15)22-21-17(5-4-6-20(21)25-13-26-22)16-7-8-18(23)19(24)10-16/h4-8,10,13-15H,3,9,11-12H2,1-2H3. The number of hydrogen-bond acceptors (Lipinski definition) is 3. The predicted octanol–water partition coefficient (Wildman–Crippen LogP) is 6.48. The summed E-state index contributed by atoms with van der Waals surface area (Å²) in [5.41, 5.74) is 3.07. The molecule has 0 radical (unpaired) electrons. The van der Waals surface area contributed by atoms with E-state index in [2.05, 4.69) is 29.8 Å². The van der Waals surface area contributed by atoms with Gasteiger partial charge in [0.05, 0.1) is 20.9 Å². The van der Waals surface area contributed by atoms with Crippen molar-refractivity contribution in [2.24, 2.45) is 11.8 Å². The molecule has 2 unspecified atom stereocenters. The molecule has 3 aromatic rings. The topological polar surface area (TPSA) is 29.0 Å². The Balaban J connectivity index is 1.88. The van der Waals surface area contributed by atoms with Crippen LogP contribution in [0.3, 0.4) is 0 Å². The number of nitrogens with zero attached hydrogens (tertiary/aromatic N) is 3. The molecule has 1 aliphatic heterocycles. The largest absolute Gasteiger partial charge is 0.355 e. The van der Waals surface area contributed by atoms with Gasteiger partial charge in [-0.25, -0.2) is 9.97 Å². The minimum atomic E-state index is 0.558. The van der Waals surface area contributed by atoms with E-state index in [9.17, 15) is 0 Å². The molecule has 0 spiro atoms. The molecule has 27 heavy (non-hydrogen) atoms. The van der Waals surface area contributed by atoms with E-state index in [0.717, 1.165) is 40.9 Å². The van der Waals surface area contributed by atoms with E-state index < -0.39 is 0 Å². The number of rotatable bonds is 3. The third-order valence-corrected chi connectivity index (χ3v) is 6.24. The van der Waals surface area contributed by atoms with Gasteiger partial charge in [0, 0.05) is 13.1 Å². The third kappa shape index (κ3) is 3.63. The van der Waals surface area contributed by atoms with Gasteiger partial charge in [0.25, 0.3) is 0 Å². The lowest BCUT2D eigenvalue weighted by molar-refractivity contribution is 0.328. The first-order chi connectivity index (χ1) is 13.1. The summed E-state index contributed by atoms with van der Waals surface area (Å²) in [5, 5.41) is 2.21. The molecule has 0 amide bonds. The highest BCUT2D eigenvalue weighted by Crippen LogP contribution is 2.38. The van der Waals surface area contributed by atoms with Crippen LogP contribution in [0.15, 0.2) is 42.7 Å². The number of hydrogen-bond donors (Lipinski definition) is 0. The first-order valence-electron chi connectivity index (χ1n) is 9.51. The molecule has 5 heteroatoms. The molecule has 0 saturated carbocycles. The molecular formula is C22H23Cl2N3. The molecular weight excluding hydrogens is 377 g/mol. The van der Waals surface area contributed by atoms with Crippen molar-refractivity contribution in [1.82, 2.24) is 9.97 Å². The Kier molecular flexibility index (Phi) is 5.25. The third-order valence-electron chi connectivity index (χ3n) is 5.50. The van der Waals surface area contributed by atoms with Crippen molar-refractivity contribution in [3.05, 3.63) is 52.8 Å². The zero-order valence-corrected chi connectivity index (χ0v) is 17.1. The predicted molar refractivity (Wildman–Crippen MR) is 115 cm³/mol. The Hall–Kier alpha value is -1.84. The van der Waals surface area contributed by atoms with Gasteiger partial charge in [0.15, 0.2) is 0 Å². The van der Waals surface area contributed by atoms with Crippen LogP contribution in [0, 0.1) is 11.8 Å². The molecule has 3 nitrogen and oxygen atoms in total. The first kappa shape index (κ1) is 18.5. The lowest BCUT2D eigenvalue weighted by atomic mass is 9.88. The maximum Gasteiger partial charge on any atom is 0.140 e. The zero-order valence-electron chi connectivity index (χ0n) is 15.6. The van der Waals surface area contributed by atoms with Gasteiger partial charge in [0.2, 0.25) is 0 Å². The molecule has 1 saturated heterocycles. The fraction of sp³-hybridized carbons (Fsp3) is 0.364. The highest BCUT2D eigenvalue weighted by molar-refractivity contribution is 6.42. The van der Waals surface area contributed by atoms with Crippen LogP contribution < -0.4 is 4.90 Å². The summed E-state index contributed by atoms with van der Waals surface area (Å²) in [6.45, 7) is 6.68. The molecule has 0 aliphatic carbocycles. The van der Waals surface area contributed by atoms with Crippen molar-refractivity contribution in [2.45, 2.75) is 26.7 Å². The van der Waals surface area contributed by atoms with Crippen molar-refractivity contribution in [3.8, 4) is 11.1 Å². The van der Waals surface area contributed by atoms with Crippen molar-refractivity contribution in [2.75, 3.05) is 18.0 Å². The van der Waals surface area contributed by atoms with Crippen molar-refractivity contribution in [3.63, 3.8) is 0 Å². The second kappa shape index (κ2) is 7.65. The number of fused-ring (bicyclic) bond motifs is 1. The van der Waals surface area contributed by atoms with E-state index in [1.165, 1.54) is 12.8 Å². The second-order valence-corrected chi connectivity index (χ2v) is 8.36. The molecule has 140 valence electrons. The van der Waals surface area contributed by atoms with E-state index in [1.54, 1.807) is 6.33 Å². The first-order valence-corrected chi connectivity index (χ1v) is 10.3. The molecule has 1 aromatic heterocycles. The maximum absolute atomic E-state index is 6.29. The summed E-state index contributed by atoms with van der Waals surface area (Å²) in [6, 6.07) is 12.0. The second-order valence-electron chi connectivity index (χ2n) is 7.55. The maximum atomic E-state index is 6.29. The van der Waals surface area contributed by atoms with Crippen LogP contribution in [0.2, 0.25) is 10.0 Å². The van der Waals surface area contributed by atoms with Crippen LogP contribution in [0.5, 0.6) is 0 Å². The van der Waals surface area contributed by atoms with Crippen LogP contribution in [0.1, 0.15) is 26.7 Å². The quantitative estimate of drug-likeness (QED) is 0.504. The van der Waals surface area contributed by atoms with Crippen LogP contribution in [-0.4, -0.2) is 23.1 Å². The summed E-state index contributed by atoms with van der Waals surface area (Å²) < 4.78 is 0. The molecule has 2 aromatic carbocycles. The molecule has 2 atom stereocenters. The smallest absolute Gasteiger partial charge is 0.140 e. The highest BCUT2D eigenvalue weighted by Gasteiger charge is 2.26. The Morgan fingerprint density at radius 2 is 1.93 bits per heavy atom. The van der Waals surface area contributed by atoms with Crippen LogP contribution >= 0.6 is 23.2 Å². The van der Waals surface area contributed by atoms with Gasteiger partial charge in [-0.1, -0.05) is 61.7 Å². The van der Waals surface area contributed by atoms with Gasteiger partial charge in [0.1, 0.15) is 12.1 Å². The van der Waals surface area contributed by atoms with Gasteiger partial charge < -0.3 is 4.90 Å². The van der Waals surface area contributed by atoms with Crippen LogP contribution in [-0.2, 0) is 0 Å². The fourth-order valence-corrected chi connectivity index (χ4v) is 4.48. The summed E-state index contributed by atoms with van der Waals surface area (Å²) in [4.78, 5) is 11.7. The average molecular weight is 400 g/mol. The van der Waals surface area contributed by atoms with Gasteiger partial charge in [-0.3, -0.25) is 0 Å². The lowest BCUT2D eigenvalue weighted by Gasteiger charge is -2.37. The Morgan fingerprint density at radius 3 is 2.70 bits per heavy atom. The number of benzene rings is 2. The van der Waals surface area contributed by atoms with Crippen molar-refractivity contribution >= 4 is 39.9 Å². The lowest BCUT2D eigenvalue weighted by Crippen LogP contribution is -2.40. The summed E-state index contributed by atoms with van der Waals surface area (Å²) in [7, 11) is 0. The van der Waals surface area contributed by atoms with E-state index in [-0.39, 0.29) is 0 Å². The van der Waals surface area contributed by atoms with Gasteiger partial charge >= 0.3 is 0 Å². The molecule has 1 aliphatic rings. The van der Waals surface area contributed by atoms with Crippen LogP contribution in [0.25, 0.3) is 22.0 Å². The fourth-order valence-electron chi connectivity index (χ4n) is 4.19. The number of aromatic nitrogens is 2. The molecule has 1 fully saturated rings. The minimum Gasteiger partial charge on any atom is -0.355 e. The number of piperidine rings is 1. The monoisotopic (exact) mass is 399 g/mol. The Labute approximate surface area is 170 Å². The van der Waals surface area contributed by atoms with Crippen molar-refractivity contribution in [1.29, 1.82) is 0 Å². The van der Waals surface area contributed by atoms with E-state index in [4.69, 9.17) is 28.2 Å². The molecule has 0 N–H and O–H groups in total. The van der Waals surface area contributed by atoms with E-state index in [0.29, 0.717) is 21.9 Å². The summed E-state index contributed by atoms with van der Waals surface area (Å²) in [5.74, 6) is 2.38. The summed E-state index contributed by atoms with van der Waals surface area (Å²) in [6.07, 6.45) is 4.16.